The first-order valence-electron chi connectivity index (χ1n) is 4.80. The molecular formula is C9H13N3O2. The third kappa shape index (κ3) is 1.92. The minimum Gasteiger partial charge on any atom is -0.475 e. The molecule has 0 spiro atoms. The Morgan fingerprint density at radius 1 is 1.64 bits per heavy atom. The third-order valence-electron chi connectivity index (χ3n) is 2.52. The lowest BCUT2D eigenvalue weighted by Crippen LogP contribution is -2.00. The first-order chi connectivity index (χ1) is 6.66. The molecule has 0 radical (unpaired) electrons. The molecule has 0 aromatic carbocycles. The van der Waals surface area contributed by atoms with Crippen LogP contribution in [-0.4, -0.2) is 25.8 Å². The Hall–Kier alpha value is -1.39. The molecule has 1 aliphatic rings. The van der Waals surface area contributed by atoms with E-state index >= 15 is 0 Å². The second kappa shape index (κ2) is 3.40. The number of carbonyl (C=O) groups is 1. The molecule has 2 rings (SSSR count). The summed E-state index contributed by atoms with van der Waals surface area (Å²) in [6, 6.07) is 0. The van der Waals surface area contributed by atoms with Gasteiger partial charge in [-0.2, -0.15) is 0 Å². The highest BCUT2D eigenvalue weighted by Crippen LogP contribution is 2.33. The summed E-state index contributed by atoms with van der Waals surface area (Å²) in [6.07, 6.45) is 4.56. The maximum absolute atomic E-state index is 10.6. The molecular weight excluding hydrogens is 182 g/mol. The van der Waals surface area contributed by atoms with Crippen molar-refractivity contribution in [2.24, 2.45) is 13.0 Å². The van der Waals surface area contributed by atoms with Crippen LogP contribution in [0, 0.1) is 5.92 Å². The number of nitrogens with zero attached hydrogens (tertiary/aromatic N) is 3. The summed E-state index contributed by atoms with van der Waals surface area (Å²) in [5.74, 6) is 0.450. The predicted octanol–water partition coefficient (Wildman–Crippen LogP) is 0.856. The van der Waals surface area contributed by atoms with Crippen LogP contribution in [0.25, 0.3) is 0 Å². The Morgan fingerprint density at radius 2 is 2.36 bits per heavy atom. The third-order valence-corrected chi connectivity index (χ3v) is 2.52. The SMILES string of the molecule is Cn1nc(C(=O)O)nc1CCC1CC1. The first-order valence-corrected chi connectivity index (χ1v) is 4.80. The van der Waals surface area contributed by atoms with E-state index in [4.69, 9.17) is 5.11 Å². The molecule has 0 aliphatic heterocycles. The molecule has 1 heterocycles. The Kier molecular flexibility index (Phi) is 2.23. The monoisotopic (exact) mass is 195 g/mol. The molecule has 14 heavy (non-hydrogen) atoms. The van der Waals surface area contributed by atoms with Crippen LogP contribution < -0.4 is 0 Å². The maximum atomic E-state index is 10.6. The summed E-state index contributed by atoms with van der Waals surface area (Å²) in [5.41, 5.74) is 0. The van der Waals surface area contributed by atoms with E-state index < -0.39 is 5.97 Å². The van der Waals surface area contributed by atoms with Crippen LogP contribution in [0.15, 0.2) is 0 Å². The van der Waals surface area contributed by atoms with Crippen LogP contribution in [0.3, 0.4) is 0 Å². The van der Waals surface area contributed by atoms with Crippen LogP contribution in [-0.2, 0) is 13.5 Å². The van der Waals surface area contributed by atoms with E-state index in [0.29, 0.717) is 0 Å². The van der Waals surface area contributed by atoms with Gasteiger partial charge in [0.1, 0.15) is 5.82 Å². The van der Waals surface area contributed by atoms with Gasteiger partial charge in [0.2, 0.25) is 0 Å². The second-order valence-corrected chi connectivity index (χ2v) is 3.76. The van der Waals surface area contributed by atoms with Crippen LogP contribution in [0.4, 0.5) is 0 Å². The van der Waals surface area contributed by atoms with E-state index in [1.54, 1.807) is 11.7 Å². The summed E-state index contributed by atoms with van der Waals surface area (Å²) in [6.45, 7) is 0. The lowest BCUT2D eigenvalue weighted by atomic mass is 10.2. The van der Waals surface area contributed by atoms with E-state index in [1.807, 2.05) is 0 Å². The van der Waals surface area contributed by atoms with Crippen LogP contribution in [0.1, 0.15) is 35.7 Å². The van der Waals surface area contributed by atoms with Crippen LogP contribution in [0.2, 0.25) is 0 Å². The molecule has 1 aromatic heterocycles. The smallest absolute Gasteiger partial charge is 0.375 e. The van der Waals surface area contributed by atoms with Crippen LogP contribution in [0.5, 0.6) is 0 Å². The Balaban J connectivity index is 2.03. The topological polar surface area (TPSA) is 68.0 Å². The minimum atomic E-state index is -1.06. The molecule has 5 nitrogen and oxygen atoms in total. The van der Waals surface area contributed by atoms with E-state index in [-0.39, 0.29) is 5.82 Å². The zero-order valence-electron chi connectivity index (χ0n) is 8.10. The molecule has 0 saturated heterocycles. The summed E-state index contributed by atoms with van der Waals surface area (Å²) in [5, 5.41) is 12.5. The molecule has 0 bridgehead atoms. The zero-order valence-corrected chi connectivity index (χ0v) is 8.10. The summed E-state index contributed by atoms with van der Waals surface area (Å²) in [7, 11) is 1.74. The molecule has 1 aliphatic carbocycles. The fourth-order valence-corrected chi connectivity index (χ4v) is 1.46. The van der Waals surface area contributed by atoms with Gasteiger partial charge in [-0.3, -0.25) is 4.68 Å². The van der Waals surface area contributed by atoms with Crippen molar-refractivity contribution in [2.75, 3.05) is 0 Å². The molecule has 1 saturated carbocycles. The molecule has 76 valence electrons. The van der Waals surface area contributed by atoms with Gasteiger partial charge in [-0.1, -0.05) is 12.8 Å². The number of carboxylic acids is 1. The predicted molar refractivity (Wildman–Crippen MR) is 49.0 cm³/mol. The van der Waals surface area contributed by atoms with E-state index in [9.17, 15) is 4.79 Å². The van der Waals surface area contributed by atoms with Crippen molar-refractivity contribution in [3.8, 4) is 0 Å². The second-order valence-electron chi connectivity index (χ2n) is 3.76. The molecule has 1 fully saturated rings. The highest BCUT2D eigenvalue weighted by atomic mass is 16.4. The van der Waals surface area contributed by atoms with Crippen molar-refractivity contribution in [3.63, 3.8) is 0 Å². The fourth-order valence-electron chi connectivity index (χ4n) is 1.46. The van der Waals surface area contributed by atoms with Gasteiger partial charge in [0.05, 0.1) is 0 Å². The largest absolute Gasteiger partial charge is 0.475 e. The lowest BCUT2D eigenvalue weighted by molar-refractivity contribution is 0.0683. The quantitative estimate of drug-likeness (QED) is 0.773. The molecule has 0 atom stereocenters. The lowest BCUT2D eigenvalue weighted by Gasteiger charge is -1.97. The minimum absolute atomic E-state index is 0.0988. The van der Waals surface area contributed by atoms with Crippen molar-refractivity contribution < 1.29 is 9.90 Å². The molecule has 1 N–H and O–H groups in total. The number of aromatic carboxylic acids is 1. The van der Waals surface area contributed by atoms with E-state index in [0.717, 1.165) is 24.6 Å². The van der Waals surface area contributed by atoms with Gasteiger partial charge in [0.25, 0.3) is 5.82 Å². The van der Waals surface area contributed by atoms with Gasteiger partial charge in [-0.15, -0.1) is 5.10 Å². The van der Waals surface area contributed by atoms with Crippen molar-refractivity contribution >= 4 is 5.97 Å². The number of aryl methyl sites for hydroxylation is 2. The number of hydrogen-bond acceptors (Lipinski definition) is 3. The van der Waals surface area contributed by atoms with Gasteiger partial charge >= 0.3 is 5.97 Å². The highest BCUT2D eigenvalue weighted by molar-refractivity contribution is 5.82. The van der Waals surface area contributed by atoms with E-state index in [1.165, 1.54) is 12.8 Å². The van der Waals surface area contributed by atoms with Gasteiger partial charge < -0.3 is 5.11 Å². The standard InChI is InChI=1S/C9H13N3O2/c1-12-7(5-4-6-2-3-6)10-8(11-12)9(13)14/h6H,2-5H2,1H3,(H,13,14). The van der Waals surface area contributed by atoms with Crippen molar-refractivity contribution in [3.05, 3.63) is 11.6 Å². The zero-order chi connectivity index (χ0) is 10.1. The van der Waals surface area contributed by atoms with Gasteiger partial charge in [0.15, 0.2) is 0 Å². The number of aromatic nitrogens is 3. The Morgan fingerprint density at radius 3 is 2.86 bits per heavy atom. The number of hydrogen-bond donors (Lipinski definition) is 1. The molecule has 1 aromatic rings. The van der Waals surface area contributed by atoms with Crippen LogP contribution >= 0.6 is 0 Å². The summed E-state index contributed by atoms with van der Waals surface area (Å²) in [4.78, 5) is 14.5. The summed E-state index contributed by atoms with van der Waals surface area (Å²) < 4.78 is 1.56. The van der Waals surface area contributed by atoms with Crippen molar-refractivity contribution in [1.82, 2.24) is 14.8 Å². The maximum Gasteiger partial charge on any atom is 0.375 e. The number of carboxylic acid groups (broad SMARTS) is 1. The van der Waals surface area contributed by atoms with Crippen molar-refractivity contribution in [2.45, 2.75) is 25.7 Å². The van der Waals surface area contributed by atoms with Gasteiger partial charge in [-0.05, 0) is 12.3 Å². The fraction of sp³-hybridized carbons (Fsp3) is 0.667. The number of rotatable bonds is 4. The van der Waals surface area contributed by atoms with Gasteiger partial charge in [0, 0.05) is 13.5 Å². The molecule has 0 amide bonds. The normalized spacial score (nSPS) is 15.8. The highest BCUT2D eigenvalue weighted by Gasteiger charge is 2.22. The van der Waals surface area contributed by atoms with E-state index in [2.05, 4.69) is 10.1 Å². The first kappa shape index (κ1) is 9.18. The van der Waals surface area contributed by atoms with Crippen molar-refractivity contribution in [1.29, 1.82) is 0 Å². The molecule has 5 heteroatoms. The molecule has 0 unspecified atom stereocenters. The Labute approximate surface area is 81.8 Å². The average molecular weight is 195 g/mol. The Bertz CT molecular complexity index is 355. The van der Waals surface area contributed by atoms with Gasteiger partial charge in [-0.25, -0.2) is 9.78 Å². The summed E-state index contributed by atoms with van der Waals surface area (Å²) >= 11 is 0. The average Bonchev–Trinajstić information content (AvgIpc) is 2.87.